The van der Waals surface area contributed by atoms with Crippen molar-refractivity contribution in [2.45, 2.75) is 26.7 Å². The minimum Gasteiger partial charge on any atom is -0.359 e. The van der Waals surface area contributed by atoms with Gasteiger partial charge in [-0.25, -0.2) is 9.97 Å². The first-order valence-electron chi connectivity index (χ1n) is 8.24. The Hall–Kier alpha value is -2.42. The summed E-state index contributed by atoms with van der Waals surface area (Å²) in [5.74, 6) is 1.81. The standard InChI is InChI=1S/C20H23N3/c1-4-5-14-23(3)20-17-8-6-7-9-18(17)21-19(22-20)16-12-10-15(2)11-13-16/h6-13H,4-5,14H2,1-3H3. The average Bonchev–Trinajstić information content (AvgIpc) is 2.59. The van der Waals surface area contributed by atoms with Crippen LogP contribution < -0.4 is 4.90 Å². The van der Waals surface area contributed by atoms with E-state index in [0.717, 1.165) is 41.1 Å². The van der Waals surface area contributed by atoms with Gasteiger partial charge in [-0.1, -0.05) is 55.3 Å². The molecule has 0 radical (unpaired) electrons. The molecule has 23 heavy (non-hydrogen) atoms. The molecule has 0 saturated heterocycles. The lowest BCUT2D eigenvalue weighted by atomic mass is 10.1. The summed E-state index contributed by atoms with van der Waals surface area (Å²) < 4.78 is 0. The number of aryl methyl sites for hydroxylation is 1. The number of rotatable bonds is 5. The molecule has 118 valence electrons. The van der Waals surface area contributed by atoms with Crippen LogP contribution in [0, 0.1) is 6.92 Å². The van der Waals surface area contributed by atoms with E-state index >= 15 is 0 Å². The molecule has 3 heteroatoms. The summed E-state index contributed by atoms with van der Waals surface area (Å²) in [7, 11) is 2.11. The van der Waals surface area contributed by atoms with Gasteiger partial charge in [0.25, 0.3) is 0 Å². The molecule has 0 aliphatic heterocycles. The molecule has 2 aromatic carbocycles. The Morgan fingerprint density at radius 1 is 0.957 bits per heavy atom. The average molecular weight is 305 g/mol. The fourth-order valence-electron chi connectivity index (χ4n) is 2.68. The molecule has 0 aliphatic rings. The summed E-state index contributed by atoms with van der Waals surface area (Å²) in [5, 5.41) is 1.11. The Morgan fingerprint density at radius 3 is 2.43 bits per heavy atom. The maximum Gasteiger partial charge on any atom is 0.162 e. The Morgan fingerprint density at radius 2 is 1.70 bits per heavy atom. The zero-order valence-corrected chi connectivity index (χ0v) is 14.1. The van der Waals surface area contributed by atoms with E-state index in [1.165, 1.54) is 12.0 Å². The van der Waals surface area contributed by atoms with Crippen LogP contribution in [0.4, 0.5) is 5.82 Å². The number of unbranched alkanes of at least 4 members (excludes halogenated alkanes) is 1. The molecule has 0 spiro atoms. The van der Waals surface area contributed by atoms with Crippen LogP contribution >= 0.6 is 0 Å². The minimum absolute atomic E-state index is 0.794. The van der Waals surface area contributed by atoms with Crippen LogP contribution in [-0.2, 0) is 0 Å². The van der Waals surface area contributed by atoms with Crippen molar-refractivity contribution in [2.75, 3.05) is 18.5 Å². The number of aromatic nitrogens is 2. The van der Waals surface area contributed by atoms with Gasteiger partial charge in [0, 0.05) is 24.5 Å². The highest BCUT2D eigenvalue weighted by Gasteiger charge is 2.12. The SMILES string of the molecule is CCCCN(C)c1nc(-c2ccc(C)cc2)nc2ccccc12. The molecular weight excluding hydrogens is 282 g/mol. The van der Waals surface area contributed by atoms with Crippen LogP contribution in [0.5, 0.6) is 0 Å². The van der Waals surface area contributed by atoms with Crippen LogP contribution in [-0.4, -0.2) is 23.6 Å². The predicted octanol–water partition coefficient (Wildman–Crippen LogP) is 4.84. The summed E-state index contributed by atoms with van der Waals surface area (Å²) in [5.41, 5.74) is 3.30. The lowest BCUT2D eigenvalue weighted by Crippen LogP contribution is -2.20. The van der Waals surface area contributed by atoms with Crippen LogP contribution in [0.3, 0.4) is 0 Å². The molecule has 0 fully saturated rings. The van der Waals surface area contributed by atoms with Gasteiger partial charge in [0.2, 0.25) is 0 Å². The Labute approximate surface area is 138 Å². The molecular formula is C20H23N3. The van der Waals surface area contributed by atoms with Crippen LogP contribution in [0.2, 0.25) is 0 Å². The van der Waals surface area contributed by atoms with Crippen LogP contribution in [0.25, 0.3) is 22.3 Å². The number of anilines is 1. The predicted molar refractivity (Wildman–Crippen MR) is 97.9 cm³/mol. The first-order chi connectivity index (χ1) is 11.2. The Balaban J connectivity index is 2.11. The third-order valence-electron chi connectivity index (χ3n) is 4.10. The van der Waals surface area contributed by atoms with Gasteiger partial charge < -0.3 is 4.90 Å². The van der Waals surface area contributed by atoms with E-state index in [0.29, 0.717) is 0 Å². The van der Waals surface area contributed by atoms with Crippen LogP contribution in [0.1, 0.15) is 25.3 Å². The molecule has 0 saturated carbocycles. The number of fused-ring (bicyclic) bond motifs is 1. The molecule has 1 heterocycles. The summed E-state index contributed by atoms with van der Waals surface area (Å²) in [6, 6.07) is 16.6. The molecule has 3 aromatic rings. The van der Waals surface area contributed by atoms with Crippen molar-refractivity contribution in [1.29, 1.82) is 0 Å². The second-order valence-corrected chi connectivity index (χ2v) is 6.03. The molecule has 1 aromatic heterocycles. The highest BCUT2D eigenvalue weighted by molar-refractivity contribution is 5.90. The topological polar surface area (TPSA) is 29.0 Å². The summed E-state index contributed by atoms with van der Waals surface area (Å²) >= 11 is 0. The van der Waals surface area contributed by atoms with Gasteiger partial charge in [0.05, 0.1) is 5.52 Å². The van der Waals surface area contributed by atoms with E-state index in [-0.39, 0.29) is 0 Å². The molecule has 0 bridgehead atoms. The molecule has 3 nitrogen and oxygen atoms in total. The lowest BCUT2D eigenvalue weighted by molar-refractivity contribution is 0.761. The van der Waals surface area contributed by atoms with Crippen molar-refractivity contribution < 1.29 is 0 Å². The van der Waals surface area contributed by atoms with Gasteiger partial charge in [0.1, 0.15) is 5.82 Å². The van der Waals surface area contributed by atoms with Crippen molar-refractivity contribution >= 4 is 16.7 Å². The second-order valence-electron chi connectivity index (χ2n) is 6.03. The van der Waals surface area contributed by atoms with E-state index < -0.39 is 0 Å². The van der Waals surface area contributed by atoms with Gasteiger partial charge in [-0.3, -0.25) is 0 Å². The maximum atomic E-state index is 4.87. The first-order valence-corrected chi connectivity index (χ1v) is 8.24. The van der Waals surface area contributed by atoms with Gasteiger partial charge >= 0.3 is 0 Å². The number of nitrogens with zero attached hydrogens (tertiary/aromatic N) is 3. The molecule has 0 N–H and O–H groups in total. The summed E-state index contributed by atoms with van der Waals surface area (Å²) in [6.45, 7) is 5.31. The van der Waals surface area contributed by atoms with Crippen molar-refractivity contribution in [2.24, 2.45) is 0 Å². The molecule has 0 unspecified atom stereocenters. The highest BCUT2D eigenvalue weighted by atomic mass is 15.2. The summed E-state index contributed by atoms with van der Waals surface area (Å²) in [6.07, 6.45) is 2.34. The zero-order chi connectivity index (χ0) is 16.2. The molecule has 0 atom stereocenters. The van der Waals surface area contributed by atoms with Crippen molar-refractivity contribution in [1.82, 2.24) is 9.97 Å². The fraction of sp³-hybridized carbons (Fsp3) is 0.300. The molecule has 0 amide bonds. The number of benzene rings is 2. The minimum atomic E-state index is 0.794. The Bertz CT molecular complexity index is 794. The highest BCUT2D eigenvalue weighted by Crippen LogP contribution is 2.27. The third kappa shape index (κ3) is 3.34. The van der Waals surface area contributed by atoms with E-state index in [1.54, 1.807) is 0 Å². The van der Waals surface area contributed by atoms with Crippen molar-refractivity contribution in [3.8, 4) is 11.4 Å². The fourth-order valence-corrected chi connectivity index (χ4v) is 2.68. The van der Waals surface area contributed by atoms with Crippen molar-refractivity contribution in [3.05, 3.63) is 54.1 Å². The quantitative estimate of drug-likeness (QED) is 0.675. The van der Waals surface area contributed by atoms with E-state index in [4.69, 9.17) is 9.97 Å². The van der Waals surface area contributed by atoms with Gasteiger partial charge in [-0.05, 0) is 25.5 Å². The van der Waals surface area contributed by atoms with E-state index in [2.05, 4.69) is 68.3 Å². The largest absolute Gasteiger partial charge is 0.359 e. The lowest BCUT2D eigenvalue weighted by Gasteiger charge is -2.20. The Kier molecular flexibility index (Phi) is 4.56. The maximum absolute atomic E-state index is 4.87. The first kappa shape index (κ1) is 15.5. The zero-order valence-electron chi connectivity index (χ0n) is 14.1. The number of para-hydroxylation sites is 1. The smallest absolute Gasteiger partial charge is 0.162 e. The monoisotopic (exact) mass is 305 g/mol. The molecule has 0 aliphatic carbocycles. The van der Waals surface area contributed by atoms with Gasteiger partial charge in [-0.15, -0.1) is 0 Å². The van der Waals surface area contributed by atoms with Gasteiger partial charge in [-0.2, -0.15) is 0 Å². The third-order valence-corrected chi connectivity index (χ3v) is 4.10. The second kappa shape index (κ2) is 6.78. The van der Waals surface area contributed by atoms with Gasteiger partial charge in [0.15, 0.2) is 5.82 Å². The number of hydrogen-bond acceptors (Lipinski definition) is 3. The number of hydrogen-bond donors (Lipinski definition) is 0. The van der Waals surface area contributed by atoms with E-state index in [1.807, 2.05) is 6.07 Å². The molecule has 3 rings (SSSR count). The van der Waals surface area contributed by atoms with E-state index in [9.17, 15) is 0 Å². The summed E-state index contributed by atoms with van der Waals surface area (Å²) in [4.78, 5) is 11.9. The van der Waals surface area contributed by atoms with Crippen LogP contribution in [0.15, 0.2) is 48.5 Å². The van der Waals surface area contributed by atoms with Crippen molar-refractivity contribution in [3.63, 3.8) is 0 Å². The normalized spacial score (nSPS) is 10.9.